The summed E-state index contributed by atoms with van der Waals surface area (Å²) in [6, 6.07) is 21.3. The molecule has 1 aliphatic rings. The molecule has 0 fully saturated rings. The van der Waals surface area contributed by atoms with Crippen LogP contribution in [0.4, 0.5) is 5.69 Å². The van der Waals surface area contributed by atoms with Crippen LogP contribution in [0.25, 0.3) is 5.57 Å². The van der Waals surface area contributed by atoms with Crippen molar-refractivity contribution in [3.05, 3.63) is 96.0 Å². The molecule has 0 radical (unpaired) electrons. The van der Waals surface area contributed by atoms with E-state index in [0.29, 0.717) is 33.9 Å². The number of aliphatic imine (C=N–C) groups is 1. The molecule has 0 saturated carbocycles. The van der Waals surface area contributed by atoms with Crippen LogP contribution in [0.2, 0.25) is 0 Å². The van der Waals surface area contributed by atoms with Crippen molar-refractivity contribution in [2.24, 2.45) is 10.9 Å². The molecule has 3 aromatic rings. The van der Waals surface area contributed by atoms with Crippen molar-refractivity contribution in [3.63, 3.8) is 0 Å². The molecule has 6 nitrogen and oxygen atoms in total. The summed E-state index contributed by atoms with van der Waals surface area (Å²) in [4.78, 5) is 28.6. The molecule has 1 N–H and O–H groups in total. The molecular formula is C23H15N3O3. The Bertz CT molecular complexity index is 1150. The molecule has 6 heteroatoms. The average Bonchev–Trinajstić information content (AvgIpc) is 3.29. The van der Waals surface area contributed by atoms with Gasteiger partial charge in [0.05, 0.1) is 18.0 Å². The van der Waals surface area contributed by atoms with Crippen LogP contribution in [-0.2, 0) is 4.79 Å². The number of carbonyl (C=O) groups is 2. The fourth-order valence-electron chi connectivity index (χ4n) is 3.03. The second kappa shape index (κ2) is 7.79. The van der Waals surface area contributed by atoms with E-state index in [1.165, 1.54) is 6.26 Å². The van der Waals surface area contributed by atoms with Gasteiger partial charge in [0.1, 0.15) is 5.76 Å². The van der Waals surface area contributed by atoms with Crippen LogP contribution in [0.3, 0.4) is 0 Å². The van der Waals surface area contributed by atoms with E-state index in [2.05, 4.69) is 10.3 Å². The monoisotopic (exact) mass is 381 g/mol. The third-order valence-electron chi connectivity index (χ3n) is 4.49. The first-order valence-electron chi connectivity index (χ1n) is 8.90. The number of hydrogen-bond acceptors (Lipinski definition) is 4. The number of furan rings is 1. The number of rotatable bonds is 4. The van der Waals surface area contributed by atoms with Crippen molar-refractivity contribution in [3.8, 4) is 6.07 Å². The molecule has 1 atom stereocenters. The van der Waals surface area contributed by atoms with E-state index in [1.54, 1.807) is 66.7 Å². The number of benzene rings is 2. The van der Waals surface area contributed by atoms with Gasteiger partial charge in [0.25, 0.3) is 11.8 Å². The van der Waals surface area contributed by atoms with E-state index < -0.39 is 11.8 Å². The minimum atomic E-state index is -0.991. The van der Waals surface area contributed by atoms with Crippen molar-refractivity contribution in [1.82, 2.24) is 0 Å². The molecule has 140 valence electrons. The smallest absolute Gasteiger partial charge is 0.268 e. The number of dihydropyridines is 1. The third kappa shape index (κ3) is 3.75. The predicted octanol–water partition coefficient (Wildman–Crippen LogP) is 4.08. The van der Waals surface area contributed by atoms with Gasteiger partial charge >= 0.3 is 0 Å². The molecule has 2 aromatic carbocycles. The Labute approximate surface area is 166 Å². The topological polar surface area (TPSA) is 95.5 Å². The lowest BCUT2D eigenvalue weighted by Crippen LogP contribution is -2.20. The second-order valence-corrected chi connectivity index (χ2v) is 6.37. The minimum absolute atomic E-state index is 0.208. The summed E-state index contributed by atoms with van der Waals surface area (Å²) in [6.45, 7) is 0. The maximum atomic E-state index is 12.3. The molecule has 1 aliphatic heterocycles. The number of hydrogen-bond donors (Lipinski definition) is 1. The highest BCUT2D eigenvalue weighted by Crippen LogP contribution is 2.29. The van der Waals surface area contributed by atoms with Gasteiger partial charge in [0.2, 0.25) is 0 Å². The number of amides is 2. The van der Waals surface area contributed by atoms with Crippen molar-refractivity contribution < 1.29 is 14.0 Å². The van der Waals surface area contributed by atoms with Crippen LogP contribution in [0, 0.1) is 17.2 Å². The maximum absolute atomic E-state index is 12.3. The number of nitrogens with one attached hydrogen (secondary N) is 1. The number of allylic oxidation sites excluding steroid dienone is 1. The summed E-state index contributed by atoms with van der Waals surface area (Å²) in [5, 5.41) is 12.2. The first-order chi connectivity index (χ1) is 14.2. The fourth-order valence-corrected chi connectivity index (χ4v) is 3.03. The first kappa shape index (κ1) is 18.1. The number of nitrogens with zero attached hydrogens (tertiary/aromatic N) is 2. The largest absolute Gasteiger partial charge is 0.465 e. The molecule has 0 aliphatic carbocycles. The van der Waals surface area contributed by atoms with Gasteiger partial charge in [-0.3, -0.25) is 9.59 Å². The molecule has 4 rings (SSSR count). The summed E-state index contributed by atoms with van der Waals surface area (Å²) in [5.41, 5.74) is 2.79. The highest BCUT2D eigenvalue weighted by molar-refractivity contribution is 6.21. The van der Waals surface area contributed by atoms with Gasteiger partial charge in [0.15, 0.2) is 5.92 Å². The molecule has 2 amide bonds. The quantitative estimate of drug-likeness (QED) is 0.736. The molecule has 1 unspecified atom stereocenters. The summed E-state index contributed by atoms with van der Waals surface area (Å²) in [7, 11) is 0. The summed E-state index contributed by atoms with van der Waals surface area (Å²) >= 11 is 0. The molecule has 0 bridgehead atoms. The van der Waals surface area contributed by atoms with E-state index in [4.69, 9.17) is 4.42 Å². The van der Waals surface area contributed by atoms with E-state index in [0.717, 1.165) is 0 Å². The maximum Gasteiger partial charge on any atom is 0.268 e. The molecule has 1 aromatic heterocycles. The van der Waals surface area contributed by atoms with Crippen LogP contribution in [0.5, 0.6) is 0 Å². The number of carbonyl (C=O) groups excluding carboxylic acids is 2. The van der Waals surface area contributed by atoms with Crippen molar-refractivity contribution in [2.75, 3.05) is 5.32 Å². The molecular weight excluding hydrogens is 366 g/mol. The van der Waals surface area contributed by atoms with Gasteiger partial charge in [-0.05, 0) is 42.5 Å². The minimum Gasteiger partial charge on any atom is -0.465 e. The lowest BCUT2D eigenvalue weighted by Gasteiger charge is -2.15. The van der Waals surface area contributed by atoms with Gasteiger partial charge in [-0.25, -0.2) is 4.99 Å². The number of anilines is 1. The fraction of sp³-hybridized carbons (Fsp3) is 0.0435. The van der Waals surface area contributed by atoms with Gasteiger partial charge in [-0.2, -0.15) is 5.26 Å². The molecule has 2 heterocycles. The highest BCUT2D eigenvalue weighted by atomic mass is 16.3. The lowest BCUT2D eigenvalue weighted by molar-refractivity contribution is -0.118. The second-order valence-electron chi connectivity index (χ2n) is 6.37. The Morgan fingerprint density at radius 2 is 1.79 bits per heavy atom. The van der Waals surface area contributed by atoms with Crippen molar-refractivity contribution >= 4 is 28.8 Å². The summed E-state index contributed by atoms with van der Waals surface area (Å²) in [6.07, 6.45) is 3.18. The Morgan fingerprint density at radius 1 is 1.03 bits per heavy atom. The highest BCUT2D eigenvalue weighted by Gasteiger charge is 2.29. The first-order valence-corrected chi connectivity index (χ1v) is 8.90. The zero-order valence-corrected chi connectivity index (χ0v) is 15.2. The SMILES string of the molecule is N#CC1C(=O)N=C(c2ccc(NC(=O)c3ccccc3)cc2)C=C1c1ccco1. The molecule has 0 saturated heterocycles. The molecule has 0 spiro atoms. The summed E-state index contributed by atoms with van der Waals surface area (Å²) < 4.78 is 5.37. The van der Waals surface area contributed by atoms with E-state index in [1.807, 2.05) is 12.1 Å². The third-order valence-corrected chi connectivity index (χ3v) is 4.49. The standard InChI is InChI=1S/C23H15N3O3/c24-14-19-18(21-7-4-12-29-21)13-20(26-23(19)28)15-8-10-17(11-9-15)25-22(27)16-5-2-1-3-6-16/h1-13,19H,(H,25,27). The Hall–Kier alpha value is -4.24. The molecule has 29 heavy (non-hydrogen) atoms. The average molecular weight is 381 g/mol. The zero-order valence-electron chi connectivity index (χ0n) is 15.2. The van der Waals surface area contributed by atoms with E-state index in [9.17, 15) is 14.9 Å². The van der Waals surface area contributed by atoms with E-state index >= 15 is 0 Å². The Kier molecular flexibility index (Phi) is 4.87. The Morgan fingerprint density at radius 3 is 2.45 bits per heavy atom. The predicted molar refractivity (Wildman–Crippen MR) is 108 cm³/mol. The van der Waals surface area contributed by atoms with Crippen molar-refractivity contribution in [1.29, 1.82) is 5.26 Å². The van der Waals surface area contributed by atoms with E-state index in [-0.39, 0.29) is 5.91 Å². The van der Waals surface area contributed by atoms with Crippen LogP contribution in [0.1, 0.15) is 21.7 Å². The normalized spacial score (nSPS) is 15.8. The van der Waals surface area contributed by atoms with Crippen LogP contribution in [-0.4, -0.2) is 17.5 Å². The van der Waals surface area contributed by atoms with Gasteiger partial charge < -0.3 is 9.73 Å². The van der Waals surface area contributed by atoms with Gasteiger partial charge in [0, 0.05) is 22.4 Å². The van der Waals surface area contributed by atoms with Crippen molar-refractivity contribution in [2.45, 2.75) is 0 Å². The van der Waals surface area contributed by atoms with Gasteiger partial charge in [-0.1, -0.05) is 30.3 Å². The van der Waals surface area contributed by atoms with Crippen LogP contribution in [0.15, 0.2) is 88.5 Å². The summed E-state index contributed by atoms with van der Waals surface area (Å²) in [5.74, 6) is -1.27. The number of nitriles is 1. The Balaban J connectivity index is 1.58. The van der Waals surface area contributed by atoms with Gasteiger partial charge in [-0.15, -0.1) is 0 Å². The zero-order chi connectivity index (χ0) is 20.2. The van der Waals surface area contributed by atoms with Crippen LogP contribution < -0.4 is 5.32 Å². The van der Waals surface area contributed by atoms with Crippen LogP contribution >= 0.6 is 0 Å². The lowest BCUT2D eigenvalue weighted by atomic mass is 9.92.